The molecule has 0 bridgehead atoms. The molecule has 1 aromatic carbocycles. The Labute approximate surface area is 185 Å². The minimum Gasteiger partial charge on any atom is -0.472 e. The number of nitrogens with zero attached hydrogens (tertiary/aromatic N) is 4. The Kier molecular flexibility index (Phi) is 6.21. The van der Waals surface area contributed by atoms with Crippen LogP contribution in [0.2, 0.25) is 0 Å². The summed E-state index contributed by atoms with van der Waals surface area (Å²) in [5, 5.41) is 0. The summed E-state index contributed by atoms with van der Waals surface area (Å²) in [6.45, 7) is 0.501. The molecule has 0 spiro atoms. The lowest BCUT2D eigenvalue weighted by Gasteiger charge is -2.33. The number of likely N-dealkylation sites (tertiary alicyclic amines) is 1. The van der Waals surface area contributed by atoms with E-state index in [0.29, 0.717) is 25.6 Å². The molecule has 4 rings (SSSR count). The smallest absolute Gasteiger partial charge is 0.417 e. The lowest BCUT2D eigenvalue weighted by molar-refractivity contribution is -0.137. The highest BCUT2D eigenvalue weighted by molar-refractivity contribution is 6.00. The van der Waals surface area contributed by atoms with Crippen LogP contribution in [-0.2, 0) is 6.18 Å². The van der Waals surface area contributed by atoms with Crippen LogP contribution in [0.1, 0.15) is 28.8 Å². The molecule has 0 aliphatic carbocycles. The van der Waals surface area contributed by atoms with Gasteiger partial charge in [0, 0.05) is 18.8 Å². The fraction of sp³-hybridized carbons (Fsp3) is 0.273. The third kappa shape index (κ3) is 5.07. The molecule has 2 aromatic heterocycles. The van der Waals surface area contributed by atoms with Crippen LogP contribution >= 0.6 is 0 Å². The monoisotopic (exact) mass is 464 g/mol. The van der Waals surface area contributed by atoms with E-state index in [1.807, 2.05) is 0 Å². The zero-order valence-corrected chi connectivity index (χ0v) is 17.0. The van der Waals surface area contributed by atoms with Crippen LogP contribution in [0, 0.1) is 11.6 Å². The Bertz CT molecular complexity index is 1140. The summed E-state index contributed by atoms with van der Waals surface area (Å²) >= 11 is 0. The average Bonchev–Trinajstić information content (AvgIpc) is 2.79. The third-order valence-electron chi connectivity index (χ3n) is 5.10. The van der Waals surface area contributed by atoms with Gasteiger partial charge in [0.25, 0.3) is 5.91 Å². The molecule has 0 N–H and O–H groups in total. The van der Waals surface area contributed by atoms with Crippen molar-refractivity contribution in [3.05, 3.63) is 71.7 Å². The van der Waals surface area contributed by atoms with Gasteiger partial charge in [-0.25, -0.2) is 23.7 Å². The number of hydrogen-bond donors (Lipinski definition) is 0. The number of halogens is 5. The molecule has 6 nitrogen and oxygen atoms in total. The molecule has 3 heterocycles. The summed E-state index contributed by atoms with van der Waals surface area (Å²) in [5.41, 5.74) is -1.03. The Balaban J connectivity index is 1.52. The second-order valence-corrected chi connectivity index (χ2v) is 7.40. The molecule has 1 aliphatic heterocycles. The number of hydrogen-bond acceptors (Lipinski definition) is 5. The van der Waals surface area contributed by atoms with Crippen molar-refractivity contribution in [3.63, 3.8) is 0 Å². The maximum atomic E-state index is 14.6. The highest BCUT2D eigenvalue weighted by Gasteiger charge is 2.32. The van der Waals surface area contributed by atoms with Gasteiger partial charge >= 0.3 is 6.18 Å². The van der Waals surface area contributed by atoms with Gasteiger partial charge in [-0.3, -0.25) is 4.79 Å². The van der Waals surface area contributed by atoms with Crippen molar-refractivity contribution in [1.82, 2.24) is 19.9 Å². The van der Waals surface area contributed by atoms with Gasteiger partial charge in [-0.1, -0.05) is 6.07 Å². The number of pyridine rings is 1. The van der Waals surface area contributed by atoms with Gasteiger partial charge in [0.2, 0.25) is 5.88 Å². The third-order valence-corrected chi connectivity index (χ3v) is 5.10. The summed E-state index contributed by atoms with van der Waals surface area (Å²) in [6, 6.07) is 5.95. The van der Waals surface area contributed by atoms with Gasteiger partial charge in [0.05, 0.1) is 35.6 Å². The molecular formula is C22H17F5N4O2. The Morgan fingerprint density at radius 2 is 1.79 bits per heavy atom. The van der Waals surface area contributed by atoms with Crippen molar-refractivity contribution in [2.45, 2.75) is 25.1 Å². The number of alkyl halides is 3. The van der Waals surface area contributed by atoms with Crippen molar-refractivity contribution >= 4 is 5.91 Å². The van der Waals surface area contributed by atoms with Crippen LogP contribution in [0.15, 0.2) is 48.9 Å². The van der Waals surface area contributed by atoms with E-state index in [4.69, 9.17) is 4.74 Å². The number of piperidine rings is 1. The molecule has 11 heteroatoms. The van der Waals surface area contributed by atoms with E-state index in [1.165, 1.54) is 17.0 Å². The summed E-state index contributed by atoms with van der Waals surface area (Å²) in [7, 11) is 0. The van der Waals surface area contributed by atoms with Gasteiger partial charge in [-0.05, 0) is 31.0 Å². The lowest BCUT2D eigenvalue weighted by Crippen LogP contribution is -2.44. The molecule has 1 aliphatic rings. The van der Waals surface area contributed by atoms with Gasteiger partial charge in [-0.15, -0.1) is 0 Å². The topological polar surface area (TPSA) is 68.2 Å². The summed E-state index contributed by atoms with van der Waals surface area (Å²) in [6.07, 6.45) is -1.45. The molecule has 1 amide bonds. The zero-order valence-electron chi connectivity index (χ0n) is 17.0. The molecule has 33 heavy (non-hydrogen) atoms. The van der Waals surface area contributed by atoms with E-state index in [0.717, 1.165) is 30.6 Å². The van der Waals surface area contributed by atoms with E-state index >= 15 is 0 Å². The highest BCUT2D eigenvalue weighted by atomic mass is 19.4. The standard InChI is InChI=1S/C22H17F5N4O2/c23-14-10-29-20(30-11-14)19-16(4-1-5-17(19)24)21(32)31-8-2-3-15(12-31)33-18-7-6-13(9-28-18)22(25,26)27/h1,4-7,9-11,15H,2-3,8,12H2. The summed E-state index contributed by atoms with van der Waals surface area (Å²) in [4.78, 5) is 25.9. The first-order valence-corrected chi connectivity index (χ1v) is 9.98. The number of ether oxygens (including phenoxy) is 1. The van der Waals surface area contributed by atoms with Crippen LogP contribution in [-0.4, -0.2) is 45.0 Å². The van der Waals surface area contributed by atoms with E-state index in [9.17, 15) is 26.7 Å². The van der Waals surface area contributed by atoms with E-state index < -0.39 is 35.4 Å². The summed E-state index contributed by atoms with van der Waals surface area (Å²) in [5.74, 6) is -2.04. The number of amides is 1. The van der Waals surface area contributed by atoms with E-state index in [2.05, 4.69) is 15.0 Å². The van der Waals surface area contributed by atoms with Crippen molar-refractivity contribution in [3.8, 4) is 17.3 Å². The first kappa shape index (κ1) is 22.6. The molecule has 1 fully saturated rings. The molecular weight excluding hydrogens is 447 g/mol. The van der Waals surface area contributed by atoms with Crippen molar-refractivity contribution in [2.75, 3.05) is 13.1 Å². The summed E-state index contributed by atoms with van der Waals surface area (Å²) < 4.78 is 71.6. The minimum atomic E-state index is -4.50. The zero-order chi connectivity index (χ0) is 23.6. The normalized spacial score (nSPS) is 16.5. The first-order valence-electron chi connectivity index (χ1n) is 9.98. The Morgan fingerprint density at radius 1 is 1.03 bits per heavy atom. The molecule has 1 atom stereocenters. The first-order chi connectivity index (χ1) is 15.7. The Hall–Kier alpha value is -3.63. The fourth-order valence-corrected chi connectivity index (χ4v) is 3.55. The fourth-order valence-electron chi connectivity index (χ4n) is 3.55. The van der Waals surface area contributed by atoms with Crippen LogP contribution < -0.4 is 4.74 Å². The van der Waals surface area contributed by atoms with Crippen molar-refractivity contribution < 1.29 is 31.5 Å². The second-order valence-electron chi connectivity index (χ2n) is 7.40. The van der Waals surface area contributed by atoms with E-state index in [1.54, 1.807) is 0 Å². The quantitative estimate of drug-likeness (QED) is 0.532. The largest absolute Gasteiger partial charge is 0.472 e. The van der Waals surface area contributed by atoms with Crippen LogP contribution in [0.5, 0.6) is 5.88 Å². The number of aromatic nitrogens is 3. The van der Waals surface area contributed by atoms with Gasteiger partial charge in [0.1, 0.15) is 11.9 Å². The molecule has 1 unspecified atom stereocenters. The Morgan fingerprint density at radius 3 is 2.45 bits per heavy atom. The number of carbonyl (C=O) groups is 1. The van der Waals surface area contributed by atoms with E-state index in [-0.39, 0.29) is 29.4 Å². The van der Waals surface area contributed by atoms with Gasteiger partial charge < -0.3 is 9.64 Å². The maximum Gasteiger partial charge on any atom is 0.417 e. The predicted octanol–water partition coefficient (Wildman–Crippen LogP) is 4.52. The molecule has 0 radical (unpaired) electrons. The number of rotatable bonds is 4. The molecule has 3 aromatic rings. The van der Waals surface area contributed by atoms with Crippen LogP contribution in [0.3, 0.4) is 0 Å². The lowest BCUT2D eigenvalue weighted by atomic mass is 10.0. The molecule has 172 valence electrons. The minimum absolute atomic E-state index is 0.00783. The molecule has 0 saturated carbocycles. The van der Waals surface area contributed by atoms with Crippen molar-refractivity contribution in [2.24, 2.45) is 0 Å². The van der Waals surface area contributed by atoms with Crippen LogP contribution in [0.25, 0.3) is 11.4 Å². The number of carbonyl (C=O) groups excluding carboxylic acids is 1. The van der Waals surface area contributed by atoms with Gasteiger partial charge in [0.15, 0.2) is 11.6 Å². The highest BCUT2D eigenvalue weighted by Crippen LogP contribution is 2.30. The van der Waals surface area contributed by atoms with Crippen molar-refractivity contribution in [1.29, 1.82) is 0 Å². The SMILES string of the molecule is O=C(c1cccc(F)c1-c1ncc(F)cn1)N1CCCC(Oc2ccc(C(F)(F)F)cn2)C1. The molecule has 1 saturated heterocycles. The van der Waals surface area contributed by atoms with Gasteiger partial charge in [-0.2, -0.15) is 13.2 Å². The van der Waals surface area contributed by atoms with Crippen LogP contribution in [0.4, 0.5) is 22.0 Å². The number of benzene rings is 1. The average molecular weight is 464 g/mol. The second kappa shape index (κ2) is 9.08. The predicted molar refractivity (Wildman–Crippen MR) is 106 cm³/mol. The maximum absolute atomic E-state index is 14.6.